The van der Waals surface area contributed by atoms with Gasteiger partial charge in [-0.15, -0.1) is 0 Å². The first kappa shape index (κ1) is 23.0. The molecule has 3 saturated heterocycles. The lowest BCUT2D eigenvalue weighted by Crippen LogP contribution is -2.63. The number of nitriles is 1. The summed E-state index contributed by atoms with van der Waals surface area (Å²) in [4.78, 5) is 29.4. The van der Waals surface area contributed by atoms with E-state index in [-0.39, 0.29) is 5.56 Å². The Kier molecular flexibility index (Phi) is 6.12. The summed E-state index contributed by atoms with van der Waals surface area (Å²) in [5, 5.41) is 10.5. The van der Waals surface area contributed by atoms with Crippen LogP contribution in [0.15, 0.2) is 53.6 Å². The van der Waals surface area contributed by atoms with Crippen LogP contribution in [0.3, 0.4) is 0 Å². The monoisotopic (exact) mass is 483 g/mol. The molecule has 8 heteroatoms. The van der Waals surface area contributed by atoms with Crippen molar-refractivity contribution in [3.63, 3.8) is 0 Å². The van der Waals surface area contributed by atoms with Gasteiger partial charge in [-0.2, -0.15) is 5.26 Å². The lowest BCUT2D eigenvalue weighted by atomic mass is 9.90. The van der Waals surface area contributed by atoms with Crippen molar-refractivity contribution in [3.05, 3.63) is 64.7 Å². The van der Waals surface area contributed by atoms with Crippen LogP contribution >= 0.6 is 0 Å². The summed E-state index contributed by atoms with van der Waals surface area (Å²) in [5.41, 5.74) is 3.37. The molecular weight excluding hydrogens is 450 g/mol. The Morgan fingerprint density at radius 2 is 1.75 bits per heavy atom. The molecule has 3 aliphatic heterocycles. The molecule has 2 aromatic heterocycles. The van der Waals surface area contributed by atoms with Gasteiger partial charge in [-0.25, -0.2) is 0 Å². The van der Waals surface area contributed by atoms with E-state index in [1.54, 1.807) is 6.07 Å². The Morgan fingerprint density at radius 1 is 0.944 bits per heavy atom. The van der Waals surface area contributed by atoms with E-state index in [0.717, 1.165) is 56.9 Å². The number of nitrogens with one attached hydrogen (secondary N) is 1. The largest absolute Gasteiger partial charge is 0.369 e. The van der Waals surface area contributed by atoms with Crippen molar-refractivity contribution in [2.45, 2.75) is 37.9 Å². The van der Waals surface area contributed by atoms with Gasteiger partial charge in [0, 0.05) is 99.2 Å². The maximum absolute atomic E-state index is 12.0. The summed E-state index contributed by atoms with van der Waals surface area (Å²) in [5.74, 6) is 0. The standard InChI is InChI=1S/C28H33N7O/c1-20-18-34(26-4-2-21(17-29)28-25(26)3-5-27(36)31-28)19-24-16-23(8-11-35(20)24)33-14-12-32(13-15-33)22-6-9-30-10-7-22/h2-7,9-10,20,23-24H,8,11-16,18-19H2,1H3,(H,31,36). The van der Waals surface area contributed by atoms with Gasteiger partial charge in [0.05, 0.1) is 11.1 Å². The minimum Gasteiger partial charge on any atom is -0.369 e. The third-order valence-electron chi connectivity index (χ3n) is 8.41. The van der Waals surface area contributed by atoms with Crippen LogP contribution in [-0.2, 0) is 0 Å². The Bertz CT molecular complexity index is 1330. The van der Waals surface area contributed by atoms with Crippen molar-refractivity contribution < 1.29 is 0 Å². The highest BCUT2D eigenvalue weighted by Crippen LogP contribution is 2.34. The maximum atomic E-state index is 12.0. The van der Waals surface area contributed by atoms with E-state index in [9.17, 15) is 10.1 Å². The molecule has 3 aliphatic rings. The fourth-order valence-electron chi connectivity index (χ4n) is 6.59. The number of H-pyrrole nitrogens is 1. The van der Waals surface area contributed by atoms with Crippen molar-refractivity contribution >= 4 is 22.3 Å². The zero-order valence-corrected chi connectivity index (χ0v) is 20.8. The molecule has 36 heavy (non-hydrogen) atoms. The number of piperidine rings is 1. The molecule has 0 spiro atoms. The second-order valence-corrected chi connectivity index (χ2v) is 10.4. The molecule has 3 fully saturated rings. The van der Waals surface area contributed by atoms with Gasteiger partial charge in [-0.05, 0) is 50.1 Å². The first-order valence-electron chi connectivity index (χ1n) is 13.1. The van der Waals surface area contributed by atoms with Gasteiger partial charge in [-0.3, -0.25) is 19.6 Å². The number of nitrogens with zero attached hydrogens (tertiary/aromatic N) is 6. The topological polar surface area (TPSA) is 82.5 Å². The number of benzene rings is 1. The van der Waals surface area contributed by atoms with Crippen LogP contribution in [0.25, 0.3) is 10.9 Å². The molecule has 3 unspecified atom stereocenters. The Morgan fingerprint density at radius 3 is 2.53 bits per heavy atom. The summed E-state index contributed by atoms with van der Waals surface area (Å²) < 4.78 is 0. The van der Waals surface area contributed by atoms with E-state index < -0.39 is 0 Å². The van der Waals surface area contributed by atoms with Crippen LogP contribution < -0.4 is 15.4 Å². The van der Waals surface area contributed by atoms with Gasteiger partial charge in [0.2, 0.25) is 5.56 Å². The van der Waals surface area contributed by atoms with Gasteiger partial charge in [0.25, 0.3) is 0 Å². The maximum Gasteiger partial charge on any atom is 0.248 e. The quantitative estimate of drug-likeness (QED) is 0.613. The van der Waals surface area contributed by atoms with Gasteiger partial charge in [0.1, 0.15) is 6.07 Å². The molecule has 3 atom stereocenters. The zero-order chi connectivity index (χ0) is 24.6. The molecule has 186 valence electrons. The summed E-state index contributed by atoms with van der Waals surface area (Å²) >= 11 is 0. The van der Waals surface area contributed by atoms with Crippen LogP contribution in [-0.4, -0.2) is 83.7 Å². The highest BCUT2D eigenvalue weighted by atomic mass is 16.1. The second kappa shape index (κ2) is 9.57. The lowest BCUT2D eigenvalue weighted by Gasteiger charge is -2.52. The first-order chi connectivity index (χ1) is 17.6. The second-order valence-electron chi connectivity index (χ2n) is 10.4. The number of hydrogen-bond acceptors (Lipinski definition) is 7. The third kappa shape index (κ3) is 4.23. The average molecular weight is 484 g/mol. The van der Waals surface area contributed by atoms with E-state index in [4.69, 9.17) is 0 Å². The summed E-state index contributed by atoms with van der Waals surface area (Å²) in [6, 6.07) is 15.3. The molecule has 0 aliphatic carbocycles. The molecule has 0 saturated carbocycles. The number of rotatable bonds is 3. The van der Waals surface area contributed by atoms with Gasteiger partial charge in [-0.1, -0.05) is 0 Å². The Balaban J connectivity index is 1.18. The van der Waals surface area contributed by atoms with Gasteiger partial charge < -0.3 is 14.8 Å². The van der Waals surface area contributed by atoms with E-state index in [2.05, 4.69) is 60.8 Å². The van der Waals surface area contributed by atoms with Crippen LogP contribution in [0.2, 0.25) is 0 Å². The molecule has 0 bridgehead atoms. The van der Waals surface area contributed by atoms with Gasteiger partial charge >= 0.3 is 0 Å². The fraction of sp³-hybridized carbons (Fsp3) is 0.464. The van der Waals surface area contributed by atoms with Crippen molar-refractivity contribution in [2.24, 2.45) is 0 Å². The first-order valence-corrected chi connectivity index (χ1v) is 13.1. The van der Waals surface area contributed by atoms with Crippen molar-refractivity contribution in [1.82, 2.24) is 19.8 Å². The Labute approximate surface area is 211 Å². The van der Waals surface area contributed by atoms with Crippen LogP contribution in [0.5, 0.6) is 0 Å². The number of aromatic nitrogens is 2. The minimum atomic E-state index is -0.173. The van der Waals surface area contributed by atoms with E-state index >= 15 is 0 Å². The number of aromatic amines is 1. The van der Waals surface area contributed by atoms with Crippen LogP contribution in [0, 0.1) is 11.3 Å². The third-order valence-corrected chi connectivity index (χ3v) is 8.41. The number of hydrogen-bond donors (Lipinski definition) is 1. The molecule has 3 aromatic rings. The van der Waals surface area contributed by atoms with Crippen molar-refractivity contribution in [2.75, 3.05) is 55.6 Å². The van der Waals surface area contributed by atoms with Crippen molar-refractivity contribution in [3.8, 4) is 6.07 Å². The SMILES string of the molecule is CC1CN(c2ccc(C#N)c3[nH]c(=O)ccc23)CC2CC(N3CCN(c4ccncc4)CC3)CCN12. The summed E-state index contributed by atoms with van der Waals surface area (Å²) in [6.45, 7) is 9.74. The fourth-order valence-corrected chi connectivity index (χ4v) is 6.59. The number of pyridine rings is 2. The predicted molar refractivity (Wildman–Crippen MR) is 142 cm³/mol. The average Bonchev–Trinajstić information content (AvgIpc) is 2.92. The molecule has 6 rings (SSSR count). The number of anilines is 2. The smallest absolute Gasteiger partial charge is 0.248 e. The van der Waals surface area contributed by atoms with Crippen LogP contribution in [0.1, 0.15) is 25.3 Å². The molecule has 0 radical (unpaired) electrons. The normalized spacial score (nSPS) is 25.5. The van der Waals surface area contributed by atoms with Gasteiger partial charge in [0.15, 0.2) is 0 Å². The predicted octanol–water partition coefficient (Wildman–Crippen LogP) is 2.66. The highest BCUT2D eigenvalue weighted by Gasteiger charge is 2.39. The molecule has 1 N–H and O–H groups in total. The van der Waals surface area contributed by atoms with Crippen molar-refractivity contribution in [1.29, 1.82) is 5.26 Å². The molecule has 1 aromatic carbocycles. The molecular formula is C28H33N7O. The molecule has 5 heterocycles. The number of fused-ring (bicyclic) bond motifs is 2. The number of piperazine rings is 2. The Hall–Kier alpha value is -3.41. The van der Waals surface area contributed by atoms with E-state index in [1.807, 2.05) is 24.5 Å². The minimum absolute atomic E-state index is 0.173. The van der Waals surface area contributed by atoms with Crippen LogP contribution in [0.4, 0.5) is 11.4 Å². The summed E-state index contributed by atoms with van der Waals surface area (Å²) in [6.07, 6.45) is 6.17. The highest BCUT2D eigenvalue weighted by molar-refractivity contribution is 5.95. The van der Waals surface area contributed by atoms with E-state index in [0.29, 0.717) is 29.2 Å². The molecule has 0 amide bonds. The summed E-state index contributed by atoms with van der Waals surface area (Å²) in [7, 11) is 0. The van der Waals surface area contributed by atoms with E-state index in [1.165, 1.54) is 18.5 Å². The molecule has 8 nitrogen and oxygen atoms in total. The zero-order valence-electron chi connectivity index (χ0n) is 20.8. The lowest BCUT2D eigenvalue weighted by molar-refractivity contribution is 0.0300.